The van der Waals surface area contributed by atoms with Crippen molar-refractivity contribution < 1.29 is 17.6 Å². The Hall–Kier alpha value is -1.50. The van der Waals surface area contributed by atoms with Crippen LogP contribution in [0.15, 0.2) is 28.8 Å². The SMILES string of the molecule is N#C/C(C(=S)Nc1cccc(Cl)c1F)=C(/S)NCCC(F)(F)F. The highest BCUT2D eigenvalue weighted by Gasteiger charge is 2.26. The fourth-order valence-corrected chi connectivity index (χ4v) is 2.19. The zero-order valence-corrected chi connectivity index (χ0v) is 13.8. The van der Waals surface area contributed by atoms with Crippen molar-refractivity contribution in [3.63, 3.8) is 0 Å². The summed E-state index contributed by atoms with van der Waals surface area (Å²) in [5, 5.41) is 13.6. The summed E-state index contributed by atoms with van der Waals surface area (Å²) in [6, 6.07) is 5.84. The van der Waals surface area contributed by atoms with Gasteiger partial charge in [0.25, 0.3) is 0 Å². The molecule has 0 amide bonds. The summed E-state index contributed by atoms with van der Waals surface area (Å²) in [6.45, 7) is -0.471. The lowest BCUT2D eigenvalue weighted by atomic mass is 10.2. The van der Waals surface area contributed by atoms with Crippen LogP contribution in [0.2, 0.25) is 5.02 Å². The third-order valence-electron chi connectivity index (χ3n) is 2.48. The molecule has 0 radical (unpaired) electrons. The zero-order chi connectivity index (χ0) is 17.6. The number of hydrogen-bond donors (Lipinski definition) is 3. The Kier molecular flexibility index (Phi) is 7.12. The van der Waals surface area contributed by atoms with Crippen molar-refractivity contribution in [1.29, 1.82) is 5.26 Å². The summed E-state index contributed by atoms with van der Waals surface area (Å²) < 4.78 is 50.0. The first-order valence-corrected chi connectivity index (χ1v) is 7.28. The number of nitrogens with one attached hydrogen (secondary N) is 2. The molecule has 0 saturated carbocycles. The Bertz CT molecular complexity index is 668. The second-order valence-corrected chi connectivity index (χ2v) is 5.45. The second kappa shape index (κ2) is 8.38. The summed E-state index contributed by atoms with van der Waals surface area (Å²) >= 11 is 14.5. The Morgan fingerprint density at radius 1 is 1.39 bits per heavy atom. The molecule has 1 aromatic rings. The molecule has 0 saturated heterocycles. The first-order valence-electron chi connectivity index (χ1n) is 6.05. The van der Waals surface area contributed by atoms with E-state index in [1.807, 2.05) is 0 Å². The average Bonchev–Trinajstić information content (AvgIpc) is 2.43. The molecule has 0 aliphatic carbocycles. The Balaban J connectivity index is 2.84. The standard InChI is InChI=1S/C13H10ClF4N3S2/c14-8-2-1-3-9(10(8)15)21-12(23)7(6-19)11(22)20-5-4-13(16,17)18/h1-3,20,22H,4-5H2,(H,21,23)/b11-7-. The molecule has 0 unspecified atom stereocenters. The van der Waals surface area contributed by atoms with E-state index < -0.39 is 25.0 Å². The summed E-state index contributed by atoms with van der Waals surface area (Å²) in [7, 11) is 0. The van der Waals surface area contributed by atoms with Gasteiger partial charge in [0.15, 0.2) is 5.82 Å². The normalized spacial score (nSPS) is 12.2. The van der Waals surface area contributed by atoms with E-state index in [1.54, 1.807) is 6.07 Å². The molecule has 10 heteroatoms. The van der Waals surface area contributed by atoms with E-state index in [1.165, 1.54) is 18.2 Å². The van der Waals surface area contributed by atoms with Gasteiger partial charge in [-0.05, 0) is 12.1 Å². The van der Waals surface area contributed by atoms with E-state index in [0.29, 0.717) is 0 Å². The van der Waals surface area contributed by atoms with Crippen molar-refractivity contribution in [2.45, 2.75) is 12.6 Å². The topological polar surface area (TPSA) is 47.9 Å². The van der Waals surface area contributed by atoms with Crippen LogP contribution < -0.4 is 10.6 Å². The molecule has 0 aromatic heterocycles. The Labute approximate surface area is 145 Å². The van der Waals surface area contributed by atoms with Gasteiger partial charge in [-0.1, -0.05) is 29.9 Å². The maximum absolute atomic E-state index is 13.8. The number of hydrogen-bond acceptors (Lipinski definition) is 4. The van der Waals surface area contributed by atoms with Crippen LogP contribution in [0.1, 0.15) is 6.42 Å². The fraction of sp³-hybridized carbons (Fsp3) is 0.231. The summed E-state index contributed by atoms with van der Waals surface area (Å²) in [5.41, 5.74) is -0.281. The van der Waals surface area contributed by atoms with Gasteiger partial charge >= 0.3 is 6.18 Å². The van der Waals surface area contributed by atoms with Gasteiger partial charge in [0, 0.05) is 6.54 Å². The molecule has 3 nitrogen and oxygen atoms in total. The number of rotatable bonds is 5. The van der Waals surface area contributed by atoms with E-state index in [2.05, 4.69) is 23.3 Å². The molecule has 0 heterocycles. The van der Waals surface area contributed by atoms with E-state index in [4.69, 9.17) is 29.1 Å². The van der Waals surface area contributed by atoms with Crippen LogP contribution in [-0.4, -0.2) is 17.7 Å². The fourth-order valence-electron chi connectivity index (χ4n) is 1.41. The number of nitrogens with zero attached hydrogens (tertiary/aromatic N) is 1. The summed E-state index contributed by atoms with van der Waals surface area (Å²) in [6.07, 6.45) is -5.44. The van der Waals surface area contributed by atoms with E-state index in [0.717, 1.165) is 0 Å². The monoisotopic (exact) mass is 383 g/mol. The van der Waals surface area contributed by atoms with Crippen LogP contribution in [0.5, 0.6) is 0 Å². The minimum absolute atomic E-state index is 0.0633. The zero-order valence-electron chi connectivity index (χ0n) is 11.3. The number of alkyl halides is 3. The summed E-state index contributed by atoms with van der Waals surface area (Å²) in [4.78, 5) is -0.196. The van der Waals surface area contributed by atoms with Gasteiger partial charge in [-0.3, -0.25) is 0 Å². The highest BCUT2D eigenvalue weighted by Crippen LogP contribution is 2.23. The maximum atomic E-state index is 13.8. The van der Waals surface area contributed by atoms with Gasteiger partial charge in [-0.2, -0.15) is 18.4 Å². The largest absolute Gasteiger partial charge is 0.390 e. The van der Waals surface area contributed by atoms with E-state index >= 15 is 0 Å². The molecule has 124 valence electrons. The molecule has 0 spiro atoms. The van der Waals surface area contributed by atoms with Crippen LogP contribution >= 0.6 is 36.4 Å². The van der Waals surface area contributed by atoms with Gasteiger partial charge in [0.1, 0.15) is 16.6 Å². The molecule has 0 atom stereocenters. The van der Waals surface area contributed by atoms with E-state index in [9.17, 15) is 17.6 Å². The highest BCUT2D eigenvalue weighted by molar-refractivity contribution is 7.85. The number of thiocarbonyl (C=S) groups is 1. The van der Waals surface area contributed by atoms with Crippen LogP contribution in [0.3, 0.4) is 0 Å². The number of nitriles is 1. The van der Waals surface area contributed by atoms with Crippen molar-refractivity contribution >= 4 is 47.1 Å². The van der Waals surface area contributed by atoms with Crippen molar-refractivity contribution in [2.24, 2.45) is 0 Å². The number of thiol groups is 1. The molecule has 0 aliphatic rings. The smallest absolute Gasteiger partial charge is 0.379 e. The molecule has 0 fully saturated rings. The minimum Gasteiger partial charge on any atom is -0.379 e. The number of anilines is 1. The minimum atomic E-state index is -4.34. The molecule has 0 bridgehead atoms. The lowest BCUT2D eigenvalue weighted by Crippen LogP contribution is -2.23. The third-order valence-corrected chi connectivity index (χ3v) is 3.46. The van der Waals surface area contributed by atoms with Crippen molar-refractivity contribution in [3.8, 4) is 6.07 Å². The lowest BCUT2D eigenvalue weighted by molar-refractivity contribution is -0.133. The molecule has 0 aliphatic heterocycles. The molecule has 1 rings (SSSR count). The van der Waals surface area contributed by atoms with Crippen molar-refractivity contribution in [3.05, 3.63) is 39.6 Å². The van der Waals surface area contributed by atoms with E-state index in [-0.39, 0.29) is 26.3 Å². The van der Waals surface area contributed by atoms with Crippen LogP contribution in [0.4, 0.5) is 23.2 Å². The van der Waals surface area contributed by atoms with Crippen molar-refractivity contribution in [1.82, 2.24) is 5.32 Å². The van der Waals surface area contributed by atoms with Crippen LogP contribution in [-0.2, 0) is 0 Å². The second-order valence-electron chi connectivity index (χ2n) is 4.18. The van der Waals surface area contributed by atoms with Gasteiger partial charge in [0.2, 0.25) is 0 Å². The molecule has 2 N–H and O–H groups in total. The van der Waals surface area contributed by atoms with Crippen LogP contribution in [0.25, 0.3) is 0 Å². The molecular formula is C13H10ClF4N3S2. The molecular weight excluding hydrogens is 374 g/mol. The quantitative estimate of drug-likeness (QED) is 0.231. The number of benzene rings is 1. The first kappa shape index (κ1) is 19.5. The molecule has 1 aromatic carbocycles. The summed E-state index contributed by atoms with van der Waals surface area (Å²) in [5.74, 6) is -0.764. The van der Waals surface area contributed by atoms with Gasteiger partial charge in [0.05, 0.1) is 22.2 Å². The predicted octanol–water partition coefficient (Wildman–Crippen LogP) is 4.43. The van der Waals surface area contributed by atoms with Gasteiger partial charge in [-0.25, -0.2) is 4.39 Å². The molecule has 23 heavy (non-hydrogen) atoms. The number of halogens is 5. The van der Waals surface area contributed by atoms with Crippen LogP contribution in [0, 0.1) is 17.1 Å². The third kappa shape index (κ3) is 6.25. The Morgan fingerprint density at radius 3 is 2.61 bits per heavy atom. The van der Waals surface area contributed by atoms with Crippen molar-refractivity contribution in [2.75, 3.05) is 11.9 Å². The highest BCUT2D eigenvalue weighted by atomic mass is 35.5. The average molecular weight is 384 g/mol. The van der Waals surface area contributed by atoms with Gasteiger partial charge in [-0.15, -0.1) is 12.6 Å². The predicted molar refractivity (Wildman–Crippen MR) is 87.9 cm³/mol. The lowest BCUT2D eigenvalue weighted by Gasteiger charge is -2.12. The first-order chi connectivity index (χ1) is 10.7. The van der Waals surface area contributed by atoms with Gasteiger partial charge < -0.3 is 10.6 Å². The maximum Gasteiger partial charge on any atom is 0.390 e. The Morgan fingerprint density at radius 2 is 2.04 bits per heavy atom.